The summed E-state index contributed by atoms with van der Waals surface area (Å²) in [6.07, 6.45) is 1.86. The summed E-state index contributed by atoms with van der Waals surface area (Å²) in [5, 5.41) is 7.43. The Morgan fingerprint density at radius 2 is 1.78 bits per heavy atom. The van der Waals surface area contributed by atoms with Gasteiger partial charge in [-0.15, -0.1) is 11.3 Å². The van der Waals surface area contributed by atoms with E-state index in [4.69, 9.17) is 9.47 Å². The summed E-state index contributed by atoms with van der Waals surface area (Å²) in [5.74, 6) is 0. The van der Waals surface area contributed by atoms with Crippen LogP contribution >= 0.6 is 11.3 Å². The SMILES string of the molecule is CC(C)(C)OC(=O)N[C@@H](CCCCNC(=O)OCc1ccccc1)CN(Cc1cccs1)S(C)(=O)=O. The number of carbonyl (C=O) groups excluding carboxylic acids is 2. The number of sulfonamides is 1. The van der Waals surface area contributed by atoms with E-state index in [1.807, 2.05) is 47.8 Å². The van der Waals surface area contributed by atoms with E-state index in [2.05, 4.69) is 10.6 Å². The number of nitrogens with one attached hydrogen (secondary N) is 2. The first kappa shape index (κ1) is 29.6. The van der Waals surface area contributed by atoms with Crippen LogP contribution in [0.2, 0.25) is 0 Å². The number of nitrogens with zero attached hydrogens (tertiary/aromatic N) is 1. The molecule has 36 heavy (non-hydrogen) atoms. The number of ether oxygens (including phenoxy) is 2. The second-order valence-corrected chi connectivity index (χ2v) is 12.5. The summed E-state index contributed by atoms with van der Waals surface area (Å²) in [6, 6.07) is 12.7. The number of benzene rings is 1. The van der Waals surface area contributed by atoms with Crippen LogP contribution in [0.25, 0.3) is 0 Å². The van der Waals surface area contributed by atoms with Gasteiger partial charge in [-0.25, -0.2) is 18.0 Å². The van der Waals surface area contributed by atoms with Crippen LogP contribution in [0.3, 0.4) is 0 Å². The fourth-order valence-corrected chi connectivity index (χ4v) is 4.93. The van der Waals surface area contributed by atoms with Gasteiger partial charge in [0.05, 0.1) is 6.26 Å². The molecule has 2 N–H and O–H groups in total. The Morgan fingerprint density at radius 1 is 1.06 bits per heavy atom. The first-order chi connectivity index (χ1) is 16.9. The molecule has 2 amide bonds. The van der Waals surface area contributed by atoms with E-state index in [1.54, 1.807) is 20.8 Å². The zero-order chi connectivity index (χ0) is 26.6. The van der Waals surface area contributed by atoms with Crippen LogP contribution in [0.15, 0.2) is 47.8 Å². The number of amides is 2. The third-order valence-electron chi connectivity index (χ3n) is 4.99. The normalized spacial score (nSPS) is 12.7. The summed E-state index contributed by atoms with van der Waals surface area (Å²) < 4.78 is 36.8. The van der Waals surface area contributed by atoms with Crippen LogP contribution in [0.4, 0.5) is 9.59 Å². The molecule has 2 rings (SSSR count). The Labute approximate surface area is 218 Å². The monoisotopic (exact) mass is 539 g/mol. The van der Waals surface area contributed by atoms with E-state index in [1.165, 1.54) is 15.6 Å². The Hall–Kier alpha value is -2.63. The minimum atomic E-state index is -3.51. The molecule has 200 valence electrons. The topological polar surface area (TPSA) is 114 Å². The van der Waals surface area contributed by atoms with E-state index in [9.17, 15) is 18.0 Å². The minimum absolute atomic E-state index is 0.114. The highest BCUT2D eigenvalue weighted by Gasteiger charge is 2.25. The largest absolute Gasteiger partial charge is 0.445 e. The molecule has 0 aliphatic carbocycles. The molecule has 1 aromatic heterocycles. The fourth-order valence-electron chi connectivity index (χ4n) is 3.30. The number of alkyl carbamates (subject to hydrolysis) is 2. The van der Waals surface area contributed by atoms with Gasteiger partial charge in [-0.05, 0) is 57.0 Å². The lowest BCUT2D eigenvalue weighted by Crippen LogP contribution is -2.46. The third kappa shape index (κ3) is 12.4. The van der Waals surface area contributed by atoms with Gasteiger partial charge in [0.25, 0.3) is 0 Å². The van der Waals surface area contributed by atoms with Gasteiger partial charge in [-0.1, -0.05) is 36.4 Å². The molecule has 0 spiro atoms. The Bertz CT molecular complexity index is 1040. The average molecular weight is 540 g/mol. The molecule has 9 nitrogen and oxygen atoms in total. The third-order valence-corrected chi connectivity index (χ3v) is 7.06. The maximum Gasteiger partial charge on any atom is 0.407 e. The molecule has 1 heterocycles. The van der Waals surface area contributed by atoms with Crippen molar-refractivity contribution in [2.75, 3.05) is 19.3 Å². The van der Waals surface area contributed by atoms with Crippen LogP contribution < -0.4 is 10.6 Å². The van der Waals surface area contributed by atoms with Gasteiger partial charge in [-0.3, -0.25) is 0 Å². The molecule has 11 heteroatoms. The van der Waals surface area contributed by atoms with Crippen molar-refractivity contribution in [3.8, 4) is 0 Å². The number of thiophene rings is 1. The Kier molecular flexibility index (Phi) is 11.7. The van der Waals surface area contributed by atoms with Crippen molar-refractivity contribution in [1.82, 2.24) is 14.9 Å². The highest BCUT2D eigenvalue weighted by atomic mass is 32.2. The summed E-state index contributed by atoms with van der Waals surface area (Å²) in [4.78, 5) is 25.2. The highest BCUT2D eigenvalue weighted by molar-refractivity contribution is 7.88. The molecule has 1 atom stereocenters. The fraction of sp³-hybridized carbons (Fsp3) is 0.520. The number of hydrogen-bond acceptors (Lipinski definition) is 7. The highest BCUT2D eigenvalue weighted by Crippen LogP contribution is 2.16. The molecule has 0 saturated carbocycles. The lowest BCUT2D eigenvalue weighted by molar-refractivity contribution is 0.0494. The van der Waals surface area contributed by atoms with Crippen molar-refractivity contribution in [3.05, 3.63) is 58.3 Å². The van der Waals surface area contributed by atoms with Crippen molar-refractivity contribution in [2.24, 2.45) is 0 Å². The summed E-state index contributed by atoms with van der Waals surface area (Å²) in [7, 11) is -3.51. The average Bonchev–Trinajstić information content (AvgIpc) is 3.29. The van der Waals surface area contributed by atoms with Crippen molar-refractivity contribution in [2.45, 2.75) is 64.8 Å². The van der Waals surface area contributed by atoms with E-state index < -0.39 is 33.9 Å². The van der Waals surface area contributed by atoms with Gasteiger partial charge in [0.15, 0.2) is 0 Å². The zero-order valence-corrected chi connectivity index (χ0v) is 23.0. The van der Waals surface area contributed by atoms with Crippen molar-refractivity contribution < 1.29 is 27.5 Å². The van der Waals surface area contributed by atoms with Gasteiger partial charge < -0.3 is 20.1 Å². The number of hydrogen-bond donors (Lipinski definition) is 2. The van der Waals surface area contributed by atoms with E-state index in [0.29, 0.717) is 25.8 Å². The molecule has 0 saturated heterocycles. The van der Waals surface area contributed by atoms with Gasteiger partial charge >= 0.3 is 12.2 Å². The first-order valence-electron chi connectivity index (χ1n) is 11.8. The van der Waals surface area contributed by atoms with Gasteiger partial charge in [0, 0.05) is 30.6 Å². The number of unbranched alkanes of at least 4 members (excludes halogenated alkanes) is 1. The number of carbonyl (C=O) groups is 2. The lowest BCUT2D eigenvalue weighted by Gasteiger charge is -2.28. The predicted octanol–water partition coefficient (Wildman–Crippen LogP) is 4.50. The standard InChI is InChI=1S/C25H37N3O6S2/c1-25(2,3)34-24(30)27-21(17-28(36(4,31)32)18-22-14-10-16-35-22)13-8-9-15-26-23(29)33-19-20-11-6-5-7-12-20/h5-7,10-12,14,16,21H,8-9,13,15,17-19H2,1-4H3,(H,26,29)(H,27,30)/t21-/m0/s1. The van der Waals surface area contributed by atoms with Crippen LogP contribution in [-0.2, 0) is 32.6 Å². The molecule has 0 aliphatic heterocycles. The summed E-state index contributed by atoms with van der Waals surface area (Å²) in [6.45, 7) is 6.25. The molecule has 0 aliphatic rings. The molecule has 0 radical (unpaired) electrons. The maximum atomic E-state index is 12.4. The number of rotatable bonds is 13. The first-order valence-corrected chi connectivity index (χ1v) is 14.6. The minimum Gasteiger partial charge on any atom is -0.445 e. The van der Waals surface area contributed by atoms with Crippen molar-refractivity contribution in [1.29, 1.82) is 0 Å². The van der Waals surface area contributed by atoms with E-state index in [0.717, 1.165) is 16.7 Å². The Balaban J connectivity index is 1.87. The van der Waals surface area contributed by atoms with Crippen molar-refractivity contribution >= 4 is 33.5 Å². The van der Waals surface area contributed by atoms with Crippen LogP contribution in [-0.4, -0.2) is 55.9 Å². The van der Waals surface area contributed by atoms with E-state index in [-0.39, 0.29) is 19.7 Å². The smallest absolute Gasteiger partial charge is 0.407 e. The molecular weight excluding hydrogens is 502 g/mol. The van der Waals surface area contributed by atoms with Gasteiger partial charge in [0.2, 0.25) is 10.0 Å². The van der Waals surface area contributed by atoms with Crippen LogP contribution in [0, 0.1) is 0 Å². The Morgan fingerprint density at radius 3 is 2.39 bits per heavy atom. The molecule has 2 aromatic rings. The zero-order valence-electron chi connectivity index (χ0n) is 21.4. The van der Waals surface area contributed by atoms with Gasteiger partial charge in [-0.2, -0.15) is 4.31 Å². The molecule has 0 unspecified atom stereocenters. The van der Waals surface area contributed by atoms with E-state index >= 15 is 0 Å². The van der Waals surface area contributed by atoms with Crippen molar-refractivity contribution in [3.63, 3.8) is 0 Å². The van der Waals surface area contributed by atoms with Crippen LogP contribution in [0.1, 0.15) is 50.5 Å². The van der Waals surface area contributed by atoms with Gasteiger partial charge in [0.1, 0.15) is 12.2 Å². The maximum absolute atomic E-state index is 12.4. The quantitative estimate of drug-likeness (QED) is 0.362. The lowest BCUT2D eigenvalue weighted by atomic mass is 10.1. The molecule has 0 fully saturated rings. The second-order valence-electron chi connectivity index (χ2n) is 9.46. The summed E-state index contributed by atoms with van der Waals surface area (Å²) in [5.41, 5.74) is 0.230. The van der Waals surface area contributed by atoms with Crippen LogP contribution in [0.5, 0.6) is 0 Å². The molecule has 1 aromatic carbocycles. The second kappa shape index (κ2) is 14.2. The summed E-state index contributed by atoms with van der Waals surface area (Å²) >= 11 is 1.48. The molecule has 0 bridgehead atoms. The predicted molar refractivity (Wildman–Crippen MR) is 141 cm³/mol. The molecular formula is C25H37N3O6S2.